The van der Waals surface area contributed by atoms with Crippen molar-refractivity contribution >= 4 is 5.82 Å². The second-order valence-corrected chi connectivity index (χ2v) is 5.17. The third-order valence-electron chi connectivity index (χ3n) is 3.89. The zero-order valence-corrected chi connectivity index (χ0v) is 10.8. The van der Waals surface area contributed by atoms with Crippen LogP contribution in [0.4, 0.5) is 5.82 Å². The van der Waals surface area contributed by atoms with E-state index in [2.05, 4.69) is 21.8 Å². The molecule has 2 heterocycles. The normalized spacial score (nSPS) is 27.3. The molecule has 0 spiro atoms. The molecule has 5 heteroatoms. The fourth-order valence-electron chi connectivity index (χ4n) is 2.84. The van der Waals surface area contributed by atoms with Gasteiger partial charge < -0.3 is 15.4 Å². The van der Waals surface area contributed by atoms with E-state index in [0.717, 1.165) is 31.8 Å². The van der Waals surface area contributed by atoms with Gasteiger partial charge >= 0.3 is 0 Å². The number of rotatable bonds is 2. The third kappa shape index (κ3) is 1.97. The van der Waals surface area contributed by atoms with Crippen LogP contribution < -0.4 is 10.6 Å². The fraction of sp³-hybridized carbons (Fsp3) is 0.692. The average molecular weight is 248 g/mol. The van der Waals surface area contributed by atoms with Crippen molar-refractivity contribution in [1.82, 2.24) is 9.97 Å². The highest BCUT2D eigenvalue weighted by atomic mass is 16.5. The average Bonchev–Trinajstić information content (AvgIpc) is 2.87. The van der Waals surface area contributed by atoms with Gasteiger partial charge in [0.2, 0.25) is 0 Å². The molecule has 2 atom stereocenters. The minimum Gasteiger partial charge on any atom is -0.373 e. The van der Waals surface area contributed by atoms with Gasteiger partial charge in [-0.15, -0.1) is 0 Å². The van der Waals surface area contributed by atoms with Gasteiger partial charge in [-0.05, 0) is 26.2 Å². The molecule has 1 aliphatic heterocycles. The van der Waals surface area contributed by atoms with Crippen LogP contribution in [0.1, 0.15) is 24.6 Å². The van der Waals surface area contributed by atoms with Crippen molar-refractivity contribution in [3.05, 3.63) is 17.6 Å². The maximum absolute atomic E-state index is 5.72. The zero-order chi connectivity index (χ0) is 12.5. The van der Waals surface area contributed by atoms with E-state index in [4.69, 9.17) is 10.5 Å². The summed E-state index contributed by atoms with van der Waals surface area (Å²) in [7, 11) is 0. The molecule has 2 N–H and O–H groups in total. The van der Waals surface area contributed by atoms with Gasteiger partial charge in [0.15, 0.2) is 0 Å². The van der Waals surface area contributed by atoms with Gasteiger partial charge in [-0.1, -0.05) is 0 Å². The van der Waals surface area contributed by atoms with Gasteiger partial charge in [0.1, 0.15) is 12.1 Å². The molecule has 1 aromatic heterocycles. The zero-order valence-electron chi connectivity index (χ0n) is 10.8. The van der Waals surface area contributed by atoms with Crippen LogP contribution in [0, 0.1) is 0 Å². The summed E-state index contributed by atoms with van der Waals surface area (Å²) in [6.45, 7) is 4.30. The molecule has 0 aromatic carbocycles. The molecule has 18 heavy (non-hydrogen) atoms. The van der Waals surface area contributed by atoms with Crippen LogP contribution >= 0.6 is 0 Å². The summed E-state index contributed by atoms with van der Waals surface area (Å²) < 4.78 is 5.70. The van der Waals surface area contributed by atoms with E-state index in [1.807, 2.05) is 0 Å². The number of nitrogens with two attached hydrogens (primary N) is 1. The van der Waals surface area contributed by atoms with Crippen LogP contribution in [0.2, 0.25) is 0 Å². The number of hydrogen-bond acceptors (Lipinski definition) is 5. The molecule has 1 aliphatic carbocycles. The van der Waals surface area contributed by atoms with Crippen molar-refractivity contribution < 1.29 is 4.74 Å². The summed E-state index contributed by atoms with van der Waals surface area (Å²) >= 11 is 0. The summed E-state index contributed by atoms with van der Waals surface area (Å²) in [4.78, 5) is 11.2. The van der Waals surface area contributed by atoms with Crippen molar-refractivity contribution in [2.75, 3.05) is 24.6 Å². The summed E-state index contributed by atoms with van der Waals surface area (Å²) in [6, 6.07) is 0.354. The molecule has 0 radical (unpaired) electrons. The Morgan fingerprint density at radius 2 is 2.33 bits per heavy atom. The van der Waals surface area contributed by atoms with E-state index in [1.165, 1.54) is 17.7 Å². The molecular formula is C13H20N4O. The van der Waals surface area contributed by atoms with Gasteiger partial charge in [-0.2, -0.15) is 0 Å². The lowest BCUT2D eigenvalue weighted by Gasteiger charge is -2.39. The Labute approximate surface area is 107 Å². The SMILES string of the molecule is CC1COC(CN)CN1c1ncnc2c1CCC2. The van der Waals surface area contributed by atoms with Gasteiger partial charge in [0.05, 0.1) is 18.8 Å². The Morgan fingerprint density at radius 3 is 3.17 bits per heavy atom. The highest BCUT2D eigenvalue weighted by Crippen LogP contribution is 2.30. The number of nitrogens with zero attached hydrogens (tertiary/aromatic N) is 3. The smallest absolute Gasteiger partial charge is 0.135 e. The summed E-state index contributed by atoms with van der Waals surface area (Å²) in [5, 5.41) is 0. The summed E-state index contributed by atoms with van der Waals surface area (Å²) in [5.41, 5.74) is 8.28. The van der Waals surface area contributed by atoms with Gasteiger partial charge in [-0.3, -0.25) is 0 Å². The molecule has 3 rings (SSSR count). The Kier molecular flexibility index (Phi) is 3.18. The minimum absolute atomic E-state index is 0.119. The van der Waals surface area contributed by atoms with Crippen molar-refractivity contribution in [2.45, 2.75) is 38.3 Å². The number of hydrogen-bond donors (Lipinski definition) is 1. The van der Waals surface area contributed by atoms with Crippen molar-refractivity contribution in [3.8, 4) is 0 Å². The van der Waals surface area contributed by atoms with Crippen LogP contribution in [-0.4, -0.2) is 41.8 Å². The monoisotopic (exact) mass is 248 g/mol. The Morgan fingerprint density at radius 1 is 1.44 bits per heavy atom. The molecule has 98 valence electrons. The van der Waals surface area contributed by atoms with Crippen molar-refractivity contribution in [1.29, 1.82) is 0 Å². The van der Waals surface area contributed by atoms with Gasteiger partial charge in [0, 0.05) is 24.3 Å². The highest BCUT2D eigenvalue weighted by Gasteiger charge is 2.29. The maximum Gasteiger partial charge on any atom is 0.135 e. The highest BCUT2D eigenvalue weighted by molar-refractivity contribution is 5.51. The largest absolute Gasteiger partial charge is 0.373 e. The van der Waals surface area contributed by atoms with E-state index in [1.54, 1.807) is 6.33 Å². The first-order valence-corrected chi connectivity index (χ1v) is 6.70. The van der Waals surface area contributed by atoms with Crippen molar-refractivity contribution in [2.24, 2.45) is 5.73 Å². The van der Waals surface area contributed by atoms with Gasteiger partial charge in [-0.25, -0.2) is 9.97 Å². The fourth-order valence-corrected chi connectivity index (χ4v) is 2.84. The lowest BCUT2D eigenvalue weighted by atomic mass is 10.1. The van der Waals surface area contributed by atoms with Crippen LogP contribution in [0.3, 0.4) is 0 Å². The van der Waals surface area contributed by atoms with E-state index < -0.39 is 0 Å². The van der Waals surface area contributed by atoms with Crippen LogP contribution in [0.15, 0.2) is 6.33 Å². The first-order chi connectivity index (χ1) is 8.79. The summed E-state index contributed by atoms with van der Waals surface area (Å²) in [6.07, 6.45) is 5.19. The Hall–Kier alpha value is -1.20. The number of anilines is 1. The lowest BCUT2D eigenvalue weighted by molar-refractivity contribution is 0.0279. The standard InChI is InChI=1S/C13H20N4O/c1-9-7-18-10(5-14)6-17(9)13-11-3-2-4-12(11)15-8-16-13/h8-10H,2-7,14H2,1H3. The molecule has 0 amide bonds. The molecule has 2 aliphatic rings. The van der Waals surface area contributed by atoms with Gasteiger partial charge in [0.25, 0.3) is 0 Å². The molecule has 0 bridgehead atoms. The summed E-state index contributed by atoms with van der Waals surface area (Å²) in [5.74, 6) is 1.10. The Bertz CT molecular complexity index is 437. The third-order valence-corrected chi connectivity index (χ3v) is 3.89. The second kappa shape index (κ2) is 4.82. The molecule has 5 nitrogen and oxygen atoms in total. The topological polar surface area (TPSA) is 64.3 Å². The number of aromatic nitrogens is 2. The van der Waals surface area contributed by atoms with E-state index >= 15 is 0 Å². The predicted molar refractivity (Wildman–Crippen MR) is 69.7 cm³/mol. The maximum atomic E-state index is 5.72. The predicted octanol–water partition coefficient (Wildman–Crippen LogP) is 0.518. The van der Waals surface area contributed by atoms with E-state index in [0.29, 0.717) is 12.6 Å². The molecular weight excluding hydrogens is 228 g/mol. The second-order valence-electron chi connectivity index (χ2n) is 5.17. The van der Waals surface area contributed by atoms with Crippen LogP contribution in [0.5, 0.6) is 0 Å². The Balaban J connectivity index is 1.91. The molecule has 1 fully saturated rings. The molecule has 2 unspecified atom stereocenters. The van der Waals surface area contributed by atoms with Crippen LogP contribution in [0.25, 0.3) is 0 Å². The molecule has 0 saturated carbocycles. The number of fused-ring (bicyclic) bond motifs is 1. The molecule has 1 aromatic rings. The van der Waals surface area contributed by atoms with E-state index in [9.17, 15) is 0 Å². The lowest BCUT2D eigenvalue weighted by Crippen LogP contribution is -2.51. The van der Waals surface area contributed by atoms with Crippen molar-refractivity contribution in [3.63, 3.8) is 0 Å². The first-order valence-electron chi connectivity index (χ1n) is 6.70. The van der Waals surface area contributed by atoms with Crippen LogP contribution in [-0.2, 0) is 17.6 Å². The van der Waals surface area contributed by atoms with E-state index in [-0.39, 0.29) is 6.10 Å². The number of morpholine rings is 1. The number of ether oxygens (including phenoxy) is 1. The quantitative estimate of drug-likeness (QED) is 0.826. The molecule has 1 saturated heterocycles. The minimum atomic E-state index is 0.119. The number of aryl methyl sites for hydroxylation is 1. The first kappa shape index (κ1) is 11.9.